The van der Waals surface area contributed by atoms with E-state index < -0.39 is 5.97 Å². The van der Waals surface area contributed by atoms with Crippen LogP contribution in [0.1, 0.15) is 23.2 Å². The Labute approximate surface area is 95.4 Å². The molecule has 3 nitrogen and oxygen atoms in total. The molecule has 1 rings (SSSR count). The molecule has 0 spiro atoms. The van der Waals surface area contributed by atoms with E-state index in [1.54, 1.807) is 18.2 Å². The Morgan fingerprint density at radius 2 is 2.19 bits per heavy atom. The summed E-state index contributed by atoms with van der Waals surface area (Å²) in [5.41, 5.74) is 0.436. The third-order valence-corrected chi connectivity index (χ3v) is 2.02. The molecule has 0 amide bonds. The van der Waals surface area contributed by atoms with Gasteiger partial charge < -0.3 is 9.47 Å². The van der Waals surface area contributed by atoms with Crippen LogP contribution in [-0.4, -0.2) is 19.7 Å². The Morgan fingerprint density at radius 1 is 1.44 bits per heavy atom. The van der Waals surface area contributed by atoms with E-state index in [0.717, 1.165) is 6.42 Å². The number of rotatable bonds is 5. The van der Waals surface area contributed by atoms with Crippen LogP contribution < -0.4 is 4.74 Å². The smallest absolute Gasteiger partial charge is 0.341 e. The summed E-state index contributed by atoms with van der Waals surface area (Å²) < 4.78 is 10.1. The predicted molar refractivity (Wildman–Crippen MR) is 61.3 cm³/mol. The minimum atomic E-state index is -0.396. The molecule has 0 unspecified atom stereocenters. The van der Waals surface area contributed by atoms with Gasteiger partial charge in [-0.05, 0) is 18.6 Å². The van der Waals surface area contributed by atoms with Gasteiger partial charge in [0.15, 0.2) is 0 Å². The highest BCUT2D eigenvalue weighted by atomic mass is 16.5. The summed E-state index contributed by atoms with van der Waals surface area (Å²) >= 11 is 0. The number of methoxy groups -OCH3 is 1. The molecule has 3 heteroatoms. The number of benzene rings is 1. The molecule has 0 bridgehead atoms. The molecule has 0 aliphatic carbocycles. The molecule has 0 aromatic heterocycles. The lowest BCUT2D eigenvalue weighted by atomic mass is 10.2. The molecule has 0 N–H and O–H groups in total. The Kier molecular flexibility index (Phi) is 4.94. The first kappa shape index (κ1) is 12.1. The predicted octanol–water partition coefficient (Wildman–Crippen LogP) is 2.27. The number of esters is 1. The molecular weight excluding hydrogens is 204 g/mol. The minimum absolute atomic E-state index is 0.396. The first-order valence-corrected chi connectivity index (χ1v) is 5.03. The van der Waals surface area contributed by atoms with Crippen LogP contribution in [0.15, 0.2) is 24.3 Å². The number of ether oxygens (including phenoxy) is 2. The summed E-state index contributed by atoms with van der Waals surface area (Å²) in [6.45, 7) is 0.498. The van der Waals surface area contributed by atoms with Crippen molar-refractivity contribution in [3.63, 3.8) is 0 Å². The van der Waals surface area contributed by atoms with Crippen molar-refractivity contribution in [2.45, 2.75) is 12.8 Å². The Morgan fingerprint density at radius 3 is 2.88 bits per heavy atom. The molecule has 0 saturated heterocycles. The second-order valence-corrected chi connectivity index (χ2v) is 3.14. The van der Waals surface area contributed by atoms with E-state index in [0.29, 0.717) is 24.3 Å². The number of unbranched alkanes of at least 4 members (excludes halogenated alkanes) is 1. The van der Waals surface area contributed by atoms with E-state index in [9.17, 15) is 4.79 Å². The summed E-state index contributed by atoms with van der Waals surface area (Å²) in [7, 11) is 1.34. The molecule has 0 heterocycles. The maximum atomic E-state index is 11.4. The molecule has 0 atom stereocenters. The highest BCUT2D eigenvalue weighted by molar-refractivity contribution is 5.92. The van der Waals surface area contributed by atoms with Gasteiger partial charge in [0, 0.05) is 6.42 Å². The van der Waals surface area contributed by atoms with E-state index in [2.05, 4.69) is 10.7 Å². The minimum Gasteiger partial charge on any atom is -0.493 e. The maximum absolute atomic E-state index is 11.4. The monoisotopic (exact) mass is 218 g/mol. The Bertz CT molecular complexity index is 390. The van der Waals surface area contributed by atoms with Crippen molar-refractivity contribution in [1.82, 2.24) is 0 Å². The van der Waals surface area contributed by atoms with Crippen molar-refractivity contribution in [2.75, 3.05) is 13.7 Å². The lowest BCUT2D eigenvalue weighted by molar-refractivity contribution is 0.0596. The summed E-state index contributed by atoms with van der Waals surface area (Å²) in [5, 5.41) is 0. The zero-order chi connectivity index (χ0) is 11.8. The summed E-state index contributed by atoms with van der Waals surface area (Å²) in [6.07, 6.45) is 6.56. The fraction of sp³-hybridized carbons (Fsp3) is 0.308. The van der Waals surface area contributed by atoms with Gasteiger partial charge in [-0.2, -0.15) is 0 Å². The largest absolute Gasteiger partial charge is 0.493 e. The molecule has 16 heavy (non-hydrogen) atoms. The van der Waals surface area contributed by atoms with Crippen LogP contribution in [0.5, 0.6) is 5.75 Å². The molecular formula is C13H14O3. The molecule has 1 aromatic carbocycles. The van der Waals surface area contributed by atoms with Crippen LogP contribution in [-0.2, 0) is 4.74 Å². The molecule has 0 saturated carbocycles. The van der Waals surface area contributed by atoms with Gasteiger partial charge in [0.1, 0.15) is 11.3 Å². The van der Waals surface area contributed by atoms with Gasteiger partial charge in [-0.3, -0.25) is 0 Å². The third kappa shape index (κ3) is 3.32. The molecule has 0 radical (unpaired) electrons. The van der Waals surface area contributed by atoms with Crippen LogP contribution in [0.2, 0.25) is 0 Å². The number of carbonyl (C=O) groups is 1. The van der Waals surface area contributed by atoms with Crippen molar-refractivity contribution >= 4 is 5.97 Å². The zero-order valence-electron chi connectivity index (χ0n) is 9.23. The Hall–Kier alpha value is -1.95. The lowest BCUT2D eigenvalue weighted by Gasteiger charge is -2.08. The number of hydrogen-bond donors (Lipinski definition) is 0. The fourth-order valence-corrected chi connectivity index (χ4v) is 1.23. The van der Waals surface area contributed by atoms with Crippen LogP contribution in [0, 0.1) is 12.3 Å². The first-order chi connectivity index (χ1) is 7.79. The topological polar surface area (TPSA) is 35.5 Å². The van der Waals surface area contributed by atoms with Gasteiger partial charge >= 0.3 is 5.97 Å². The van der Waals surface area contributed by atoms with Crippen LogP contribution >= 0.6 is 0 Å². The third-order valence-electron chi connectivity index (χ3n) is 2.02. The van der Waals surface area contributed by atoms with E-state index in [-0.39, 0.29) is 0 Å². The van der Waals surface area contributed by atoms with Gasteiger partial charge in [0.25, 0.3) is 0 Å². The molecule has 0 aliphatic heterocycles. The van der Waals surface area contributed by atoms with Crippen molar-refractivity contribution in [1.29, 1.82) is 0 Å². The standard InChI is InChI=1S/C13H14O3/c1-3-4-7-10-16-12-9-6-5-8-11(12)13(14)15-2/h1,5-6,8-9H,4,7,10H2,2H3. The lowest BCUT2D eigenvalue weighted by Crippen LogP contribution is -2.06. The van der Waals surface area contributed by atoms with Gasteiger partial charge in [-0.25, -0.2) is 4.79 Å². The average molecular weight is 218 g/mol. The van der Waals surface area contributed by atoms with Crippen molar-refractivity contribution in [3.05, 3.63) is 29.8 Å². The maximum Gasteiger partial charge on any atom is 0.341 e. The SMILES string of the molecule is C#CCCCOc1ccccc1C(=O)OC. The highest BCUT2D eigenvalue weighted by Crippen LogP contribution is 2.18. The number of hydrogen-bond acceptors (Lipinski definition) is 3. The van der Waals surface area contributed by atoms with Crippen molar-refractivity contribution in [3.8, 4) is 18.1 Å². The molecule has 0 aliphatic rings. The summed E-state index contributed by atoms with van der Waals surface area (Å²) in [4.78, 5) is 11.4. The average Bonchev–Trinajstić information content (AvgIpc) is 2.34. The van der Waals surface area contributed by atoms with Gasteiger partial charge in [0.2, 0.25) is 0 Å². The van der Waals surface area contributed by atoms with E-state index in [1.807, 2.05) is 6.07 Å². The van der Waals surface area contributed by atoms with Crippen molar-refractivity contribution in [2.24, 2.45) is 0 Å². The van der Waals surface area contributed by atoms with Crippen LogP contribution in [0.3, 0.4) is 0 Å². The summed E-state index contributed by atoms with van der Waals surface area (Å²) in [5.74, 6) is 2.67. The quantitative estimate of drug-likeness (QED) is 0.432. The fourth-order valence-electron chi connectivity index (χ4n) is 1.23. The van der Waals surface area contributed by atoms with Gasteiger partial charge in [0.05, 0.1) is 13.7 Å². The first-order valence-electron chi connectivity index (χ1n) is 5.03. The second kappa shape index (κ2) is 6.52. The van der Waals surface area contributed by atoms with Crippen molar-refractivity contribution < 1.29 is 14.3 Å². The van der Waals surface area contributed by atoms with Crippen LogP contribution in [0.4, 0.5) is 0 Å². The molecule has 1 aromatic rings. The second-order valence-electron chi connectivity index (χ2n) is 3.14. The number of para-hydroxylation sites is 1. The summed E-state index contributed by atoms with van der Waals surface area (Å²) in [6, 6.07) is 6.98. The zero-order valence-corrected chi connectivity index (χ0v) is 9.23. The Balaban J connectivity index is 2.65. The molecule has 0 fully saturated rings. The van der Waals surface area contributed by atoms with E-state index in [4.69, 9.17) is 11.2 Å². The van der Waals surface area contributed by atoms with Gasteiger partial charge in [-0.15, -0.1) is 12.3 Å². The van der Waals surface area contributed by atoms with E-state index >= 15 is 0 Å². The highest BCUT2D eigenvalue weighted by Gasteiger charge is 2.11. The molecule has 84 valence electrons. The van der Waals surface area contributed by atoms with E-state index in [1.165, 1.54) is 7.11 Å². The number of carbonyl (C=O) groups excluding carboxylic acids is 1. The van der Waals surface area contributed by atoms with Gasteiger partial charge in [-0.1, -0.05) is 12.1 Å². The van der Waals surface area contributed by atoms with Crippen LogP contribution in [0.25, 0.3) is 0 Å². The number of terminal acetylenes is 1. The normalized spacial score (nSPS) is 9.25.